The molecule has 1 atom stereocenters. The van der Waals surface area contributed by atoms with Gasteiger partial charge in [-0.15, -0.1) is 14.5 Å². The van der Waals surface area contributed by atoms with Gasteiger partial charge >= 0.3 is 0 Å². The van der Waals surface area contributed by atoms with Gasteiger partial charge < -0.3 is 0 Å². The van der Waals surface area contributed by atoms with Gasteiger partial charge in [-0.2, -0.15) is 0 Å². The van der Waals surface area contributed by atoms with Gasteiger partial charge in [0.1, 0.15) is 5.78 Å². The first kappa shape index (κ1) is 11.9. The van der Waals surface area contributed by atoms with Crippen LogP contribution in [0.5, 0.6) is 0 Å². The third-order valence-electron chi connectivity index (χ3n) is 1.82. The molecule has 0 N–H and O–H groups in total. The molecule has 70 valence electrons. The number of Topliss-reactive ketones (excluding diaryl/α,β-unsaturated/α-hetero) is 1. The maximum absolute atomic E-state index is 11.3. The average molecular weight is 204 g/mol. The Labute approximate surface area is 81.4 Å². The van der Waals surface area contributed by atoms with Gasteiger partial charge in [0.15, 0.2) is 0 Å². The van der Waals surface area contributed by atoms with E-state index in [0.29, 0.717) is 18.0 Å². The lowest BCUT2D eigenvalue weighted by molar-refractivity contribution is -0.122. The quantitative estimate of drug-likeness (QED) is 0.682. The molecule has 0 rings (SSSR count). The lowest BCUT2D eigenvalue weighted by atomic mass is 9.99. The standard InChI is InChI=1S/C9H16OS2/c1-4-5-8(2)9(10)6-7-12(3)11/h3,8H,4-7H2,1-2H3. The van der Waals surface area contributed by atoms with E-state index >= 15 is 0 Å². The molecule has 0 aromatic rings. The Kier molecular flexibility index (Phi) is 6.35. The smallest absolute Gasteiger partial charge is 0.136 e. The van der Waals surface area contributed by atoms with Gasteiger partial charge in [-0.25, -0.2) is 0 Å². The third kappa shape index (κ3) is 5.53. The van der Waals surface area contributed by atoms with Crippen molar-refractivity contribution in [3.8, 4) is 5.69 Å². The molecule has 0 saturated heterocycles. The first-order valence-corrected chi connectivity index (χ1v) is 6.61. The van der Waals surface area contributed by atoms with Gasteiger partial charge in [0.25, 0.3) is 0 Å². The monoisotopic (exact) mass is 204 g/mol. The zero-order valence-electron chi connectivity index (χ0n) is 7.71. The highest BCUT2D eigenvalue weighted by atomic mass is 32.8. The van der Waals surface area contributed by atoms with Crippen LogP contribution in [0.15, 0.2) is 0 Å². The Bertz CT molecular complexity index is 251. The summed E-state index contributed by atoms with van der Waals surface area (Å²) in [5, 5.41) is 0. The van der Waals surface area contributed by atoms with Crippen molar-refractivity contribution in [1.29, 1.82) is 0 Å². The van der Waals surface area contributed by atoms with Crippen molar-refractivity contribution in [3.05, 3.63) is 0 Å². The summed E-state index contributed by atoms with van der Waals surface area (Å²) >= 11 is 4.80. The Balaban J connectivity index is 3.73. The highest BCUT2D eigenvalue weighted by Crippen LogP contribution is 2.08. The highest BCUT2D eigenvalue weighted by Gasteiger charge is 2.10. The zero-order valence-corrected chi connectivity index (χ0v) is 9.34. The zero-order chi connectivity index (χ0) is 9.56. The van der Waals surface area contributed by atoms with Crippen LogP contribution in [-0.4, -0.2) is 11.5 Å². The Morgan fingerprint density at radius 1 is 1.67 bits per heavy atom. The van der Waals surface area contributed by atoms with Gasteiger partial charge in [0.2, 0.25) is 0 Å². The van der Waals surface area contributed by atoms with E-state index in [0.717, 1.165) is 12.8 Å². The average Bonchev–Trinajstić information content (AvgIpc) is 2.00. The second-order valence-corrected chi connectivity index (χ2v) is 5.45. The summed E-state index contributed by atoms with van der Waals surface area (Å²) in [6.45, 7) is 4.06. The summed E-state index contributed by atoms with van der Waals surface area (Å²) < 4.78 is 0. The van der Waals surface area contributed by atoms with Gasteiger partial charge in [-0.3, -0.25) is 4.79 Å². The number of hydrogen-bond donors (Lipinski definition) is 0. The number of rotatable bonds is 5. The largest absolute Gasteiger partial charge is 0.299 e. The second-order valence-electron chi connectivity index (χ2n) is 2.99. The van der Waals surface area contributed by atoms with E-state index in [1.807, 2.05) is 6.92 Å². The Morgan fingerprint density at radius 2 is 2.25 bits per heavy atom. The van der Waals surface area contributed by atoms with Crippen molar-refractivity contribution in [3.63, 3.8) is 0 Å². The molecule has 1 unspecified atom stereocenters. The van der Waals surface area contributed by atoms with Crippen LogP contribution in [0.1, 0.15) is 33.1 Å². The Morgan fingerprint density at radius 3 is 2.67 bits per heavy atom. The first-order chi connectivity index (χ1) is 5.57. The highest BCUT2D eigenvalue weighted by molar-refractivity contribution is 8.22. The SMILES string of the molecule is C#S(=S)CCC(=O)C(C)CCC. The summed E-state index contributed by atoms with van der Waals surface area (Å²) in [5.41, 5.74) is 5.41. The maximum atomic E-state index is 11.3. The molecule has 0 radical (unpaired) electrons. The fraction of sp³-hybridized carbons (Fsp3) is 0.778. The number of hydrogen-bond acceptors (Lipinski definition) is 2. The molecule has 0 spiro atoms. The van der Waals surface area contributed by atoms with E-state index in [1.165, 1.54) is 0 Å². The van der Waals surface area contributed by atoms with Crippen LogP contribution >= 0.6 is 0 Å². The molecule has 0 aliphatic carbocycles. The fourth-order valence-electron chi connectivity index (χ4n) is 1.04. The summed E-state index contributed by atoms with van der Waals surface area (Å²) in [6.07, 6.45) is 2.61. The van der Waals surface area contributed by atoms with E-state index < -0.39 is 8.86 Å². The van der Waals surface area contributed by atoms with Crippen LogP contribution in [0.4, 0.5) is 0 Å². The van der Waals surface area contributed by atoms with Crippen molar-refractivity contribution in [1.82, 2.24) is 0 Å². The maximum Gasteiger partial charge on any atom is 0.136 e. The fourth-order valence-corrected chi connectivity index (χ4v) is 1.69. The van der Waals surface area contributed by atoms with Gasteiger partial charge in [0.05, 0.1) is 0 Å². The molecule has 0 saturated carbocycles. The minimum absolute atomic E-state index is 0.188. The van der Waals surface area contributed by atoms with E-state index in [9.17, 15) is 4.79 Å². The molecular weight excluding hydrogens is 188 g/mol. The summed E-state index contributed by atoms with van der Waals surface area (Å²) in [6, 6.07) is 0. The van der Waals surface area contributed by atoms with E-state index in [-0.39, 0.29) is 5.92 Å². The predicted octanol–water partition coefficient (Wildman–Crippen LogP) is 2.05. The minimum Gasteiger partial charge on any atom is -0.299 e. The number of carbonyl (C=O) groups is 1. The van der Waals surface area contributed by atoms with Gasteiger partial charge in [-0.05, 0) is 17.6 Å². The normalized spacial score (nSPS) is 12.4. The molecule has 1 nitrogen and oxygen atoms in total. The molecule has 0 aromatic heterocycles. The van der Waals surface area contributed by atoms with Crippen LogP contribution in [0.25, 0.3) is 0 Å². The van der Waals surface area contributed by atoms with Crippen LogP contribution in [0, 0.1) is 11.6 Å². The predicted molar refractivity (Wildman–Crippen MR) is 58.2 cm³/mol. The van der Waals surface area contributed by atoms with Crippen LogP contribution in [0.3, 0.4) is 0 Å². The molecule has 3 heteroatoms. The topological polar surface area (TPSA) is 17.1 Å². The van der Waals surface area contributed by atoms with Crippen LogP contribution in [0.2, 0.25) is 0 Å². The molecule has 0 aliphatic heterocycles. The molecular formula is C9H16OS2. The lowest BCUT2D eigenvalue weighted by Gasteiger charge is -2.06. The molecule has 0 amide bonds. The van der Waals surface area contributed by atoms with Crippen LogP contribution < -0.4 is 0 Å². The number of ketones is 1. The molecule has 0 bridgehead atoms. The number of carbonyl (C=O) groups excluding carboxylic acids is 1. The summed E-state index contributed by atoms with van der Waals surface area (Å²) in [5.74, 6) is 1.17. The van der Waals surface area contributed by atoms with Crippen LogP contribution in [-0.2, 0) is 24.8 Å². The van der Waals surface area contributed by atoms with Gasteiger partial charge in [-0.1, -0.05) is 20.3 Å². The van der Waals surface area contributed by atoms with E-state index in [1.54, 1.807) is 0 Å². The minimum atomic E-state index is -0.494. The van der Waals surface area contributed by atoms with Crippen molar-refractivity contribution >= 4 is 25.8 Å². The molecule has 0 aromatic carbocycles. The molecule has 12 heavy (non-hydrogen) atoms. The lowest BCUT2D eigenvalue weighted by Crippen LogP contribution is -2.11. The van der Waals surface area contributed by atoms with Crippen molar-refractivity contribution < 1.29 is 4.79 Å². The molecule has 0 fully saturated rings. The van der Waals surface area contributed by atoms with Crippen molar-refractivity contribution in [2.75, 3.05) is 5.75 Å². The van der Waals surface area contributed by atoms with Gasteiger partial charge in [0, 0.05) is 18.1 Å². The third-order valence-corrected chi connectivity index (χ3v) is 2.93. The summed E-state index contributed by atoms with van der Waals surface area (Å²) in [7, 11) is -0.494. The molecule has 0 heterocycles. The van der Waals surface area contributed by atoms with E-state index in [2.05, 4.69) is 6.92 Å². The van der Waals surface area contributed by atoms with Crippen molar-refractivity contribution in [2.45, 2.75) is 33.1 Å². The van der Waals surface area contributed by atoms with E-state index in [4.69, 9.17) is 16.9 Å². The molecule has 0 aliphatic rings. The first-order valence-electron chi connectivity index (χ1n) is 4.23. The second kappa shape index (κ2) is 6.41. The Hall–Kier alpha value is -0.110. The summed E-state index contributed by atoms with van der Waals surface area (Å²) in [4.78, 5) is 11.3. The van der Waals surface area contributed by atoms with Crippen molar-refractivity contribution in [2.24, 2.45) is 5.92 Å².